The average Bonchev–Trinajstić information content (AvgIpc) is 2.69. The maximum Gasteiger partial charge on any atom is 0.276 e. The lowest BCUT2D eigenvalue weighted by atomic mass is 10.2. The number of aromatic nitrogens is 1. The number of amides is 1. The van der Waals surface area contributed by atoms with Gasteiger partial charge in [0.05, 0.1) is 0 Å². The summed E-state index contributed by atoms with van der Waals surface area (Å²) in [4.78, 5) is 20.8. The molecule has 0 bridgehead atoms. The highest BCUT2D eigenvalue weighted by Crippen LogP contribution is 2.25. The Hall–Kier alpha value is -3.14. The van der Waals surface area contributed by atoms with Gasteiger partial charge in [-0.05, 0) is 43.3 Å². The van der Waals surface area contributed by atoms with Gasteiger partial charge in [0.15, 0.2) is 0 Å². The molecule has 1 amide bonds. The Morgan fingerprint density at radius 3 is 2.08 bits per heavy atom. The predicted octanol–water partition coefficient (Wildman–Crippen LogP) is 4.52. The summed E-state index contributed by atoms with van der Waals surface area (Å²) in [6.07, 6.45) is 1.69. The van der Waals surface area contributed by atoms with E-state index in [1.165, 1.54) is 0 Å². The number of carbonyl (C=O) groups excluding carboxylic acids is 1. The monoisotopic (exact) mass is 331 g/mol. The van der Waals surface area contributed by atoms with E-state index in [1.54, 1.807) is 18.1 Å². The summed E-state index contributed by atoms with van der Waals surface area (Å²) in [6, 6.07) is 23.5. The summed E-state index contributed by atoms with van der Waals surface area (Å²) in [7, 11) is 1.76. The molecule has 126 valence electrons. The Kier molecular flexibility index (Phi) is 5.09. The topological polar surface area (TPSA) is 36.4 Å². The number of pyridine rings is 1. The smallest absolute Gasteiger partial charge is 0.276 e. The number of hydrogen-bond acceptors (Lipinski definition) is 3. The van der Waals surface area contributed by atoms with Crippen LogP contribution in [0.4, 0.5) is 17.1 Å². The van der Waals surface area contributed by atoms with Crippen molar-refractivity contribution in [2.45, 2.75) is 6.92 Å². The summed E-state index contributed by atoms with van der Waals surface area (Å²) in [5.74, 6) is -0.128. The molecule has 0 aliphatic heterocycles. The molecule has 3 rings (SSSR count). The van der Waals surface area contributed by atoms with E-state index < -0.39 is 0 Å². The molecule has 0 unspecified atom stereocenters. The maximum atomic E-state index is 12.8. The summed E-state index contributed by atoms with van der Waals surface area (Å²) in [6.45, 7) is 2.89. The normalized spacial score (nSPS) is 10.3. The van der Waals surface area contributed by atoms with E-state index in [1.807, 2.05) is 60.7 Å². The molecule has 0 saturated carbocycles. The first-order chi connectivity index (χ1) is 12.2. The zero-order valence-corrected chi connectivity index (χ0v) is 14.5. The van der Waals surface area contributed by atoms with Crippen LogP contribution in [0.1, 0.15) is 17.4 Å². The van der Waals surface area contributed by atoms with Gasteiger partial charge in [0.2, 0.25) is 0 Å². The molecule has 0 aliphatic carbocycles. The van der Waals surface area contributed by atoms with Crippen LogP contribution in [0.25, 0.3) is 0 Å². The summed E-state index contributed by atoms with van der Waals surface area (Å²) in [5, 5.41) is 0. The van der Waals surface area contributed by atoms with Crippen molar-refractivity contribution in [3.63, 3.8) is 0 Å². The Morgan fingerprint density at radius 2 is 1.48 bits per heavy atom. The average molecular weight is 331 g/mol. The number of hydrogen-bond donors (Lipinski definition) is 0. The van der Waals surface area contributed by atoms with E-state index in [9.17, 15) is 4.79 Å². The summed E-state index contributed by atoms with van der Waals surface area (Å²) in [5.41, 5.74) is 3.31. The second-order valence-corrected chi connectivity index (χ2v) is 5.68. The molecule has 0 radical (unpaired) electrons. The molecule has 1 heterocycles. The molecule has 0 spiro atoms. The van der Waals surface area contributed by atoms with Crippen LogP contribution in [0.3, 0.4) is 0 Å². The van der Waals surface area contributed by atoms with Crippen molar-refractivity contribution in [3.05, 3.63) is 84.7 Å². The van der Waals surface area contributed by atoms with E-state index >= 15 is 0 Å². The fraction of sp³-hybridized carbons (Fsp3) is 0.143. The van der Waals surface area contributed by atoms with Gasteiger partial charge in [0.25, 0.3) is 5.91 Å². The first-order valence-electron chi connectivity index (χ1n) is 8.32. The van der Waals surface area contributed by atoms with Gasteiger partial charge in [-0.1, -0.05) is 36.4 Å². The fourth-order valence-electron chi connectivity index (χ4n) is 2.77. The van der Waals surface area contributed by atoms with Crippen molar-refractivity contribution < 1.29 is 4.79 Å². The third-order valence-electron chi connectivity index (χ3n) is 4.11. The molecular weight excluding hydrogens is 310 g/mol. The minimum atomic E-state index is -0.128. The van der Waals surface area contributed by atoms with Gasteiger partial charge in [0.1, 0.15) is 5.69 Å². The van der Waals surface area contributed by atoms with E-state index in [-0.39, 0.29) is 5.91 Å². The number of anilines is 3. The van der Waals surface area contributed by atoms with Crippen LogP contribution in [0.15, 0.2) is 79.0 Å². The molecule has 0 aliphatic rings. The van der Waals surface area contributed by atoms with Crippen molar-refractivity contribution in [1.82, 2.24) is 4.98 Å². The highest BCUT2D eigenvalue weighted by molar-refractivity contribution is 6.04. The summed E-state index contributed by atoms with van der Waals surface area (Å²) >= 11 is 0. The number of nitrogens with zero attached hydrogens (tertiary/aromatic N) is 3. The fourth-order valence-corrected chi connectivity index (χ4v) is 2.77. The molecule has 4 heteroatoms. The van der Waals surface area contributed by atoms with Gasteiger partial charge in [-0.3, -0.25) is 9.78 Å². The molecule has 0 fully saturated rings. The second-order valence-electron chi connectivity index (χ2n) is 5.68. The molecule has 3 aromatic rings. The van der Waals surface area contributed by atoms with Crippen LogP contribution in [-0.2, 0) is 0 Å². The quantitative estimate of drug-likeness (QED) is 0.690. The van der Waals surface area contributed by atoms with Crippen molar-refractivity contribution >= 4 is 23.0 Å². The lowest BCUT2D eigenvalue weighted by Crippen LogP contribution is -2.27. The van der Waals surface area contributed by atoms with Crippen LogP contribution >= 0.6 is 0 Å². The highest BCUT2D eigenvalue weighted by atomic mass is 16.2. The first kappa shape index (κ1) is 16.7. The molecule has 0 atom stereocenters. The van der Waals surface area contributed by atoms with Crippen LogP contribution in [-0.4, -0.2) is 24.5 Å². The molecule has 25 heavy (non-hydrogen) atoms. The van der Waals surface area contributed by atoms with Gasteiger partial charge < -0.3 is 9.80 Å². The molecule has 1 aromatic heterocycles. The molecular formula is C21H21N3O. The molecule has 2 aromatic carbocycles. The van der Waals surface area contributed by atoms with Gasteiger partial charge in [-0.25, -0.2) is 0 Å². The van der Waals surface area contributed by atoms with Crippen LogP contribution in [0.2, 0.25) is 0 Å². The first-order valence-corrected chi connectivity index (χ1v) is 8.32. The van der Waals surface area contributed by atoms with E-state index in [0.717, 1.165) is 23.6 Å². The standard InChI is InChI=1S/C21H21N3O/c1-3-24(18-12-8-5-9-13-18)19-14-15-22-20(16-19)21(25)23(2)17-10-6-4-7-11-17/h4-16H,3H2,1-2H3. The largest absolute Gasteiger partial charge is 0.342 e. The van der Waals surface area contributed by atoms with Gasteiger partial charge in [-0.2, -0.15) is 0 Å². The summed E-state index contributed by atoms with van der Waals surface area (Å²) < 4.78 is 0. The third kappa shape index (κ3) is 3.69. The van der Waals surface area contributed by atoms with Crippen molar-refractivity contribution in [1.29, 1.82) is 0 Å². The van der Waals surface area contributed by atoms with Crippen LogP contribution in [0.5, 0.6) is 0 Å². The van der Waals surface area contributed by atoms with Crippen LogP contribution < -0.4 is 9.80 Å². The van der Waals surface area contributed by atoms with E-state index in [2.05, 4.69) is 28.9 Å². The maximum absolute atomic E-state index is 12.8. The zero-order valence-electron chi connectivity index (χ0n) is 14.5. The van der Waals surface area contributed by atoms with Crippen molar-refractivity contribution in [2.75, 3.05) is 23.4 Å². The number of carbonyl (C=O) groups is 1. The Labute approximate surface area is 148 Å². The van der Waals surface area contributed by atoms with Gasteiger partial charge in [0, 0.05) is 36.9 Å². The minimum Gasteiger partial charge on any atom is -0.342 e. The number of para-hydroxylation sites is 2. The van der Waals surface area contributed by atoms with Crippen molar-refractivity contribution in [2.24, 2.45) is 0 Å². The molecule has 0 N–H and O–H groups in total. The van der Waals surface area contributed by atoms with Crippen molar-refractivity contribution in [3.8, 4) is 0 Å². The van der Waals surface area contributed by atoms with Gasteiger partial charge >= 0.3 is 0 Å². The minimum absolute atomic E-state index is 0.128. The van der Waals surface area contributed by atoms with Crippen LogP contribution in [0, 0.1) is 0 Å². The van der Waals surface area contributed by atoms with Gasteiger partial charge in [-0.15, -0.1) is 0 Å². The second kappa shape index (κ2) is 7.62. The van der Waals surface area contributed by atoms with E-state index in [0.29, 0.717) is 5.69 Å². The Morgan fingerprint density at radius 1 is 0.880 bits per heavy atom. The van der Waals surface area contributed by atoms with E-state index in [4.69, 9.17) is 0 Å². The highest BCUT2D eigenvalue weighted by Gasteiger charge is 2.16. The number of benzene rings is 2. The predicted molar refractivity (Wildman–Crippen MR) is 103 cm³/mol. The lowest BCUT2D eigenvalue weighted by Gasteiger charge is -2.24. The zero-order chi connectivity index (χ0) is 17.6. The molecule has 4 nitrogen and oxygen atoms in total. The number of rotatable bonds is 5. The SMILES string of the molecule is CCN(c1ccccc1)c1ccnc(C(=O)N(C)c2ccccc2)c1. The Bertz CT molecular complexity index is 834. The lowest BCUT2D eigenvalue weighted by molar-refractivity contribution is 0.0988. The molecule has 0 saturated heterocycles. The third-order valence-corrected chi connectivity index (χ3v) is 4.11. The Balaban J connectivity index is 1.89.